The fourth-order valence-electron chi connectivity index (χ4n) is 2.89. The Kier molecular flexibility index (Phi) is 9.88. The molecule has 1 atom stereocenters. The SMILES string of the molecule is CCOC(=O)COc1cccc(C=NNC(=O)C(C(=O)Nc2ccc(OC)cc2)C(C)C)c1. The first kappa shape index (κ1) is 25.4. The fraction of sp³-hybridized carbons (Fsp3) is 0.333. The van der Waals surface area contributed by atoms with Gasteiger partial charge in [0.2, 0.25) is 5.91 Å². The Labute approximate surface area is 193 Å². The number of amides is 2. The lowest BCUT2D eigenvalue weighted by Gasteiger charge is -2.18. The van der Waals surface area contributed by atoms with Gasteiger partial charge in [0.05, 0.1) is 19.9 Å². The van der Waals surface area contributed by atoms with Crippen molar-refractivity contribution in [2.24, 2.45) is 16.9 Å². The summed E-state index contributed by atoms with van der Waals surface area (Å²) < 4.78 is 15.3. The number of methoxy groups -OCH3 is 1. The van der Waals surface area contributed by atoms with Gasteiger partial charge in [0.15, 0.2) is 6.61 Å². The molecule has 1 unspecified atom stereocenters. The lowest BCUT2D eigenvalue weighted by molar-refractivity contribution is -0.145. The largest absolute Gasteiger partial charge is 0.497 e. The van der Waals surface area contributed by atoms with E-state index in [4.69, 9.17) is 14.2 Å². The normalized spacial score (nSPS) is 11.7. The highest BCUT2D eigenvalue weighted by atomic mass is 16.6. The number of carbonyl (C=O) groups excluding carboxylic acids is 3. The number of benzene rings is 2. The van der Waals surface area contributed by atoms with Crippen molar-refractivity contribution < 1.29 is 28.6 Å². The molecule has 0 spiro atoms. The number of esters is 1. The van der Waals surface area contributed by atoms with Gasteiger partial charge in [-0.1, -0.05) is 26.0 Å². The van der Waals surface area contributed by atoms with E-state index in [2.05, 4.69) is 15.8 Å². The zero-order valence-corrected chi connectivity index (χ0v) is 19.2. The number of hydrazone groups is 1. The monoisotopic (exact) mass is 455 g/mol. The first-order valence-corrected chi connectivity index (χ1v) is 10.5. The predicted octanol–water partition coefficient (Wildman–Crippen LogP) is 3.00. The van der Waals surface area contributed by atoms with Gasteiger partial charge in [-0.05, 0) is 54.8 Å². The Bertz CT molecular complexity index is 972. The standard InChI is InChI=1S/C24H29N3O6/c1-5-32-21(28)15-33-20-8-6-7-17(13-20)14-25-27-24(30)22(16(2)3)23(29)26-18-9-11-19(31-4)12-10-18/h6-14,16,22H,5,15H2,1-4H3,(H,26,29)(H,27,30). The van der Waals surface area contributed by atoms with Crippen LogP contribution in [0.3, 0.4) is 0 Å². The summed E-state index contributed by atoms with van der Waals surface area (Å²) in [5.74, 6) is -1.50. The molecule has 0 saturated carbocycles. The Hall–Kier alpha value is -3.88. The molecule has 2 rings (SSSR count). The van der Waals surface area contributed by atoms with Gasteiger partial charge in [-0.2, -0.15) is 5.10 Å². The second-order valence-electron chi connectivity index (χ2n) is 7.34. The van der Waals surface area contributed by atoms with Crippen LogP contribution in [0, 0.1) is 11.8 Å². The van der Waals surface area contributed by atoms with E-state index < -0.39 is 23.7 Å². The molecule has 176 valence electrons. The summed E-state index contributed by atoms with van der Waals surface area (Å²) in [7, 11) is 1.56. The molecule has 2 aromatic carbocycles. The third-order valence-corrected chi connectivity index (χ3v) is 4.50. The number of carbonyl (C=O) groups is 3. The highest BCUT2D eigenvalue weighted by Gasteiger charge is 2.29. The Morgan fingerprint density at radius 1 is 1.03 bits per heavy atom. The van der Waals surface area contributed by atoms with Crippen LogP contribution in [-0.2, 0) is 19.1 Å². The second-order valence-corrected chi connectivity index (χ2v) is 7.34. The third kappa shape index (κ3) is 8.29. The van der Waals surface area contributed by atoms with E-state index in [9.17, 15) is 14.4 Å². The molecule has 9 nitrogen and oxygen atoms in total. The maximum absolute atomic E-state index is 12.7. The minimum Gasteiger partial charge on any atom is -0.497 e. The molecule has 33 heavy (non-hydrogen) atoms. The van der Waals surface area contributed by atoms with E-state index >= 15 is 0 Å². The van der Waals surface area contributed by atoms with E-state index in [1.54, 1.807) is 76.4 Å². The van der Waals surface area contributed by atoms with Gasteiger partial charge in [-0.3, -0.25) is 9.59 Å². The third-order valence-electron chi connectivity index (χ3n) is 4.50. The quantitative estimate of drug-likeness (QED) is 0.233. The van der Waals surface area contributed by atoms with Crippen LogP contribution < -0.4 is 20.2 Å². The van der Waals surface area contributed by atoms with E-state index in [0.717, 1.165) is 0 Å². The first-order valence-electron chi connectivity index (χ1n) is 10.5. The van der Waals surface area contributed by atoms with Crippen LogP contribution in [0.5, 0.6) is 11.5 Å². The van der Waals surface area contributed by atoms with Crippen molar-refractivity contribution in [3.05, 3.63) is 54.1 Å². The molecule has 2 amide bonds. The number of nitrogens with zero attached hydrogens (tertiary/aromatic N) is 1. The number of ether oxygens (including phenoxy) is 3. The van der Waals surface area contributed by atoms with E-state index in [0.29, 0.717) is 22.7 Å². The lowest BCUT2D eigenvalue weighted by atomic mass is 9.94. The molecule has 0 heterocycles. The molecule has 0 radical (unpaired) electrons. The minimum absolute atomic E-state index is 0.204. The van der Waals surface area contributed by atoms with Crippen LogP contribution in [0.25, 0.3) is 0 Å². The second kappa shape index (κ2) is 12.8. The maximum Gasteiger partial charge on any atom is 0.344 e. The molecule has 0 aliphatic rings. The Morgan fingerprint density at radius 3 is 2.39 bits per heavy atom. The van der Waals surface area contributed by atoms with Crippen molar-refractivity contribution in [1.29, 1.82) is 0 Å². The van der Waals surface area contributed by atoms with Crippen molar-refractivity contribution in [3.63, 3.8) is 0 Å². The summed E-state index contributed by atoms with van der Waals surface area (Å²) in [5.41, 5.74) is 3.62. The average molecular weight is 456 g/mol. The van der Waals surface area contributed by atoms with Crippen LogP contribution in [0.2, 0.25) is 0 Å². The Balaban J connectivity index is 1.96. The van der Waals surface area contributed by atoms with Crippen LogP contribution in [0.4, 0.5) is 5.69 Å². The van der Waals surface area contributed by atoms with E-state index in [-0.39, 0.29) is 19.1 Å². The summed E-state index contributed by atoms with van der Waals surface area (Å²) in [6, 6.07) is 13.6. The van der Waals surface area contributed by atoms with Crippen LogP contribution in [0.1, 0.15) is 26.3 Å². The number of rotatable bonds is 11. The van der Waals surface area contributed by atoms with Gasteiger partial charge in [-0.15, -0.1) is 0 Å². The predicted molar refractivity (Wildman–Crippen MR) is 124 cm³/mol. The van der Waals surface area contributed by atoms with E-state index in [1.165, 1.54) is 6.21 Å². The summed E-state index contributed by atoms with van der Waals surface area (Å²) in [6.07, 6.45) is 1.42. The van der Waals surface area contributed by atoms with E-state index in [1.807, 2.05) is 0 Å². The maximum atomic E-state index is 12.7. The first-order chi connectivity index (χ1) is 15.8. The summed E-state index contributed by atoms with van der Waals surface area (Å²) in [5, 5.41) is 6.70. The van der Waals surface area contributed by atoms with Gasteiger partial charge in [-0.25, -0.2) is 10.2 Å². The molecule has 0 aliphatic heterocycles. The molecule has 0 saturated heterocycles. The molecule has 2 N–H and O–H groups in total. The van der Waals surface area contributed by atoms with Gasteiger partial charge < -0.3 is 19.5 Å². The highest BCUT2D eigenvalue weighted by molar-refractivity contribution is 6.06. The summed E-state index contributed by atoms with van der Waals surface area (Å²) in [4.78, 5) is 36.7. The molecule has 9 heteroatoms. The fourth-order valence-corrected chi connectivity index (χ4v) is 2.89. The van der Waals surface area contributed by atoms with Crippen molar-refractivity contribution in [2.45, 2.75) is 20.8 Å². The van der Waals surface area contributed by atoms with Crippen molar-refractivity contribution in [1.82, 2.24) is 5.43 Å². The highest BCUT2D eigenvalue weighted by Crippen LogP contribution is 2.18. The summed E-state index contributed by atoms with van der Waals surface area (Å²) in [6.45, 7) is 5.36. The molecule has 0 bridgehead atoms. The van der Waals surface area contributed by atoms with Gasteiger partial charge in [0.25, 0.3) is 5.91 Å². The smallest absolute Gasteiger partial charge is 0.344 e. The van der Waals surface area contributed by atoms with Crippen molar-refractivity contribution in [2.75, 3.05) is 25.6 Å². The van der Waals surface area contributed by atoms with Crippen LogP contribution >= 0.6 is 0 Å². The van der Waals surface area contributed by atoms with Crippen molar-refractivity contribution >= 4 is 29.7 Å². The Morgan fingerprint density at radius 2 is 1.76 bits per heavy atom. The van der Waals surface area contributed by atoms with Crippen LogP contribution in [0.15, 0.2) is 53.6 Å². The molecular formula is C24H29N3O6. The van der Waals surface area contributed by atoms with Crippen molar-refractivity contribution in [3.8, 4) is 11.5 Å². The number of hydrogen-bond donors (Lipinski definition) is 2. The summed E-state index contributed by atoms with van der Waals surface area (Å²) >= 11 is 0. The zero-order chi connectivity index (χ0) is 24.2. The molecule has 0 fully saturated rings. The van der Waals surface area contributed by atoms with Gasteiger partial charge in [0, 0.05) is 5.69 Å². The molecule has 2 aromatic rings. The lowest BCUT2D eigenvalue weighted by Crippen LogP contribution is -2.39. The zero-order valence-electron chi connectivity index (χ0n) is 19.2. The molecule has 0 aromatic heterocycles. The molecule has 0 aliphatic carbocycles. The topological polar surface area (TPSA) is 115 Å². The number of hydrogen-bond acceptors (Lipinski definition) is 7. The minimum atomic E-state index is -0.941. The van der Waals surface area contributed by atoms with Gasteiger partial charge >= 0.3 is 5.97 Å². The molecular weight excluding hydrogens is 426 g/mol. The average Bonchev–Trinajstić information content (AvgIpc) is 2.78. The number of nitrogens with one attached hydrogen (secondary N) is 2. The number of anilines is 1. The van der Waals surface area contributed by atoms with Gasteiger partial charge in [0.1, 0.15) is 17.4 Å². The van der Waals surface area contributed by atoms with Crippen LogP contribution in [-0.4, -0.2) is 44.3 Å².